The average molecular weight is 522 g/mol. The van der Waals surface area contributed by atoms with Crippen LogP contribution in [0.1, 0.15) is 35.6 Å². The highest BCUT2D eigenvalue weighted by atomic mass is 19.1. The van der Waals surface area contributed by atoms with Crippen LogP contribution in [0.5, 0.6) is 5.75 Å². The highest BCUT2D eigenvalue weighted by molar-refractivity contribution is 6.02. The number of aryl methyl sites for hydroxylation is 2. The van der Waals surface area contributed by atoms with Crippen LogP contribution in [0.3, 0.4) is 0 Å². The number of imide groups is 1. The Hall–Kier alpha value is -3.79. The van der Waals surface area contributed by atoms with Gasteiger partial charge in [-0.2, -0.15) is 5.10 Å². The number of amides is 3. The first kappa shape index (κ1) is 25.8. The number of nitrogens with zero attached hydrogens (tertiary/aromatic N) is 4. The van der Waals surface area contributed by atoms with Crippen molar-refractivity contribution in [2.24, 2.45) is 7.05 Å². The normalized spacial score (nSPS) is 18.6. The van der Waals surface area contributed by atoms with E-state index in [1.807, 2.05) is 30.1 Å². The van der Waals surface area contributed by atoms with E-state index in [0.717, 1.165) is 29.6 Å². The monoisotopic (exact) mass is 521 g/mol. The summed E-state index contributed by atoms with van der Waals surface area (Å²) in [6, 6.07) is 10.9. The molecule has 5 rings (SSSR count). The van der Waals surface area contributed by atoms with Crippen LogP contribution >= 0.6 is 0 Å². The van der Waals surface area contributed by atoms with E-state index in [1.54, 1.807) is 29.8 Å². The molecule has 1 atom stereocenters. The molecular formula is C28H32FN5O4. The van der Waals surface area contributed by atoms with Gasteiger partial charge in [0.25, 0.3) is 0 Å². The molecule has 3 aromatic rings. The van der Waals surface area contributed by atoms with Crippen LogP contribution in [0, 0.1) is 12.7 Å². The third-order valence-corrected chi connectivity index (χ3v) is 7.42. The Morgan fingerprint density at radius 1 is 1.16 bits per heavy atom. The van der Waals surface area contributed by atoms with Crippen LogP contribution < -0.4 is 10.1 Å². The van der Waals surface area contributed by atoms with Gasteiger partial charge in [0.2, 0.25) is 17.7 Å². The van der Waals surface area contributed by atoms with Crippen LogP contribution in [-0.4, -0.2) is 76.6 Å². The lowest BCUT2D eigenvalue weighted by Gasteiger charge is -2.34. The number of carbonyl (C=O) groups is 3. The van der Waals surface area contributed by atoms with Gasteiger partial charge < -0.3 is 9.64 Å². The maximum Gasteiger partial charge on any atom is 0.235 e. The highest BCUT2D eigenvalue weighted by Gasteiger charge is 2.31. The molecule has 0 bridgehead atoms. The van der Waals surface area contributed by atoms with Gasteiger partial charge in [0.05, 0.1) is 23.5 Å². The second-order valence-electron chi connectivity index (χ2n) is 10.00. The molecular weight excluding hydrogens is 489 g/mol. The second kappa shape index (κ2) is 10.9. The summed E-state index contributed by atoms with van der Waals surface area (Å²) in [4.78, 5) is 41.0. The maximum absolute atomic E-state index is 14.1. The molecule has 1 aromatic heterocycles. The van der Waals surface area contributed by atoms with E-state index in [9.17, 15) is 18.8 Å². The zero-order valence-corrected chi connectivity index (χ0v) is 21.7. The number of carbonyl (C=O) groups excluding carboxylic acids is 3. The summed E-state index contributed by atoms with van der Waals surface area (Å²) in [6.07, 6.45) is 1.02. The van der Waals surface area contributed by atoms with Gasteiger partial charge in [-0.1, -0.05) is 24.3 Å². The van der Waals surface area contributed by atoms with Crippen molar-refractivity contribution >= 4 is 28.6 Å². The summed E-state index contributed by atoms with van der Waals surface area (Å²) in [6.45, 7) is 5.51. The van der Waals surface area contributed by atoms with Crippen LogP contribution in [0.25, 0.3) is 10.9 Å². The van der Waals surface area contributed by atoms with Crippen LogP contribution in [0.15, 0.2) is 36.4 Å². The summed E-state index contributed by atoms with van der Waals surface area (Å²) in [5, 5.41) is 7.83. The van der Waals surface area contributed by atoms with E-state index in [1.165, 1.54) is 0 Å². The molecule has 9 nitrogen and oxygen atoms in total. The minimum Gasteiger partial charge on any atom is -0.489 e. The zero-order valence-electron chi connectivity index (χ0n) is 21.7. The van der Waals surface area contributed by atoms with Gasteiger partial charge in [-0.3, -0.25) is 29.3 Å². The molecule has 2 aliphatic heterocycles. The summed E-state index contributed by atoms with van der Waals surface area (Å²) in [7, 11) is 1.82. The number of hydrogen-bond acceptors (Lipinski definition) is 6. The Balaban J connectivity index is 1.14. The third-order valence-electron chi connectivity index (χ3n) is 7.42. The molecule has 2 aromatic carbocycles. The van der Waals surface area contributed by atoms with E-state index in [0.29, 0.717) is 50.3 Å². The molecule has 10 heteroatoms. The van der Waals surface area contributed by atoms with Crippen molar-refractivity contribution in [3.8, 4) is 5.75 Å². The maximum atomic E-state index is 14.1. The number of hydrogen-bond donors (Lipinski definition) is 1. The van der Waals surface area contributed by atoms with Crippen LogP contribution in [-0.2, 0) is 27.9 Å². The first-order valence-corrected chi connectivity index (χ1v) is 13.0. The predicted octanol–water partition coefficient (Wildman–Crippen LogP) is 2.31. The summed E-state index contributed by atoms with van der Waals surface area (Å²) in [5.74, 6) is -1.00. The minimum absolute atomic E-state index is 0.0645. The second-order valence-corrected chi connectivity index (χ2v) is 10.00. The van der Waals surface area contributed by atoms with Crippen molar-refractivity contribution < 1.29 is 23.5 Å². The molecule has 3 heterocycles. The smallest absolute Gasteiger partial charge is 0.235 e. The van der Waals surface area contributed by atoms with Gasteiger partial charge in [0.15, 0.2) is 11.6 Å². The summed E-state index contributed by atoms with van der Waals surface area (Å²) >= 11 is 0. The largest absolute Gasteiger partial charge is 0.489 e. The number of aromatic nitrogens is 2. The number of piperazine rings is 1. The van der Waals surface area contributed by atoms with Crippen molar-refractivity contribution in [3.63, 3.8) is 0 Å². The van der Waals surface area contributed by atoms with Gasteiger partial charge in [0.1, 0.15) is 6.61 Å². The quantitative estimate of drug-likeness (QED) is 0.480. The average Bonchev–Trinajstić information content (AvgIpc) is 3.22. The van der Waals surface area contributed by atoms with E-state index in [4.69, 9.17) is 4.74 Å². The lowest BCUT2D eigenvalue weighted by Crippen LogP contribution is -2.49. The number of benzene rings is 2. The molecule has 200 valence electrons. The van der Waals surface area contributed by atoms with Crippen LogP contribution in [0.4, 0.5) is 4.39 Å². The topological polar surface area (TPSA) is 96.8 Å². The number of halogens is 1. The number of fused-ring (bicyclic) bond motifs is 1. The van der Waals surface area contributed by atoms with Crippen LogP contribution in [0.2, 0.25) is 0 Å². The fourth-order valence-corrected chi connectivity index (χ4v) is 5.18. The number of rotatable bonds is 7. The van der Waals surface area contributed by atoms with Crippen molar-refractivity contribution in [3.05, 3.63) is 59.0 Å². The Labute approximate surface area is 220 Å². The highest BCUT2D eigenvalue weighted by Crippen LogP contribution is 2.30. The fraction of sp³-hybridized carbons (Fsp3) is 0.429. The van der Waals surface area contributed by atoms with E-state index >= 15 is 0 Å². The number of ether oxygens (including phenoxy) is 1. The molecule has 38 heavy (non-hydrogen) atoms. The minimum atomic E-state index is -0.457. The van der Waals surface area contributed by atoms with Gasteiger partial charge in [-0.15, -0.1) is 0 Å². The molecule has 2 fully saturated rings. The SMILES string of the molecule is Cc1cccc(OCCN2CCN(C(=O)Cc3ccc4c(C5CCC(=O)NC5=O)nn(C)c4c3)CC2)c1F. The third kappa shape index (κ3) is 5.40. The van der Waals surface area contributed by atoms with Gasteiger partial charge in [0, 0.05) is 51.6 Å². The van der Waals surface area contributed by atoms with E-state index < -0.39 is 5.92 Å². The lowest BCUT2D eigenvalue weighted by atomic mass is 9.92. The molecule has 2 saturated heterocycles. The van der Waals surface area contributed by atoms with Crippen molar-refractivity contribution in [1.82, 2.24) is 24.9 Å². The zero-order chi connectivity index (χ0) is 26.8. The number of piperidine rings is 1. The van der Waals surface area contributed by atoms with Gasteiger partial charge in [-0.25, -0.2) is 4.39 Å². The lowest BCUT2D eigenvalue weighted by molar-refractivity contribution is -0.134. The van der Waals surface area contributed by atoms with Gasteiger partial charge >= 0.3 is 0 Å². The first-order chi connectivity index (χ1) is 18.3. The molecule has 2 aliphatic rings. The molecule has 0 aliphatic carbocycles. The Kier molecular flexibility index (Phi) is 7.42. The molecule has 0 radical (unpaired) electrons. The predicted molar refractivity (Wildman–Crippen MR) is 139 cm³/mol. The summed E-state index contributed by atoms with van der Waals surface area (Å²) < 4.78 is 21.5. The van der Waals surface area contributed by atoms with Crippen molar-refractivity contribution in [2.75, 3.05) is 39.3 Å². The molecule has 3 amide bonds. The molecule has 1 unspecified atom stereocenters. The number of nitrogens with one attached hydrogen (secondary N) is 1. The van der Waals surface area contributed by atoms with Crippen molar-refractivity contribution in [1.29, 1.82) is 0 Å². The Bertz CT molecular complexity index is 1380. The van der Waals surface area contributed by atoms with E-state index in [-0.39, 0.29) is 35.7 Å². The Morgan fingerprint density at radius 3 is 2.71 bits per heavy atom. The summed E-state index contributed by atoms with van der Waals surface area (Å²) in [5.41, 5.74) is 2.96. The molecule has 1 N–H and O–H groups in total. The van der Waals surface area contributed by atoms with Gasteiger partial charge in [-0.05, 0) is 36.6 Å². The molecule has 0 saturated carbocycles. The molecule has 0 spiro atoms. The van der Waals surface area contributed by atoms with E-state index in [2.05, 4.69) is 15.3 Å². The Morgan fingerprint density at radius 2 is 1.95 bits per heavy atom. The standard InChI is InChI=1S/C28H32FN5O4/c1-18-4-3-5-23(26(18)29)38-15-14-33-10-12-34(13-11-33)25(36)17-19-6-7-20-22(16-19)32(2)31-27(20)21-8-9-24(35)30-28(21)37/h3-7,16,21H,8-15,17H2,1-2H3,(H,30,35,37). The first-order valence-electron chi connectivity index (χ1n) is 13.0. The fourth-order valence-electron chi connectivity index (χ4n) is 5.18. The van der Waals surface area contributed by atoms with Crippen molar-refractivity contribution in [2.45, 2.75) is 32.1 Å².